The number of hydrogen-bond acceptors (Lipinski definition) is 3. The second kappa shape index (κ2) is 7.14. The molecular weight excluding hydrogens is 286 g/mol. The Morgan fingerprint density at radius 1 is 1.38 bits per heavy atom. The van der Waals surface area contributed by atoms with Crippen molar-refractivity contribution in [2.45, 2.75) is 38.7 Å². The Morgan fingerprint density at radius 3 is 2.76 bits per heavy atom. The van der Waals surface area contributed by atoms with Crippen molar-refractivity contribution in [3.63, 3.8) is 0 Å². The molecule has 4 nitrogen and oxygen atoms in total. The van der Waals surface area contributed by atoms with Crippen LogP contribution in [0.1, 0.15) is 26.1 Å². The molecule has 0 saturated heterocycles. The Hall–Kier alpha value is -1.26. The molecule has 1 heterocycles. The Bertz CT molecular complexity index is 594. The quantitative estimate of drug-likeness (QED) is 0.733. The molecule has 0 spiro atoms. The highest BCUT2D eigenvalue weighted by Gasteiger charge is 2.11. The Morgan fingerprint density at radius 2 is 2.14 bits per heavy atom. The van der Waals surface area contributed by atoms with Gasteiger partial charge in [-0.2, -0.15) is 0 Å². The number of aromatic nitrogens is 2. The molecule has 1 aromatic carbocycles. The molecule has 5 heteroatoms. The first-order valence-corrected chi connectivity index (χ1v) is 7.89. The van der Waals surface area contributed by atoms with Crippen LogP contribution in [0.2, 0.25) is 0 Å². The van der Waals surface area contributed by atoms with Crippen LogP contribution in [0.5, 0.6) is 5.75 Å². The van der Waals surface area contributed by atoms with E-state index in [1.165, 1.54) is 0 Å². The number of halogens is 1. The van der Waals surface area contributed by atoms with Gasteiger partial charge in [-0.25, -0.2) is 4.98 Å². The summed E-state index contributed by atoms with van der Waals surface area (Å²) in [5, 5.41) is 0. The van der Waals surface area contributed by atoms with Gasteiger partial charge in [-0.3, -0.25) is 0 Å². The predicted octanol–water partition coefficient (Wildman–Crippen LogP) is 3.51. The third-order valence-corrected chi connectivity index (χ3v) is 4.17. The summed E-state index contributed by atoms with van der Waals surface area (Å²) in [5.41, 5.74) is 2.07. The van der Waals surface area contributed by atoms with Crippen LogP contribution in [0.15, 0.2) is 18.2 Å². The van der Waals surface area contributed by atoms with Crippen molar-refractivity contribution >= 4 is 22.6 Å². The van der Waals surface area contributed by atoms with E-state index in [-0.39, 0.29) is 0 Å². The lowest BCUT2D eigenvalue weighted by molar-refractivity contribution is 0.265. The Labute approximate surface area is 131 Å². The van der Waals surface area contributed by atoms with Gasteiger partial charge in [-0.15, -0.1) is 11.6 Å². The summed E-state index contributed by atoms with van der Waals surface area (Å²) >= 11 is 6.04. The van der Waals surface area contributed by atoms with Gasteiger partial charge in [0.2, 0.25) is 0 Å². The first-order chi connectivity index (χ1) is 10.1. The Kier molecular flexibility index (Phi) is 5.48. The molecule has 0 radical (unpaired) electrons. The zero-order chi connectivity index (χ0) is 15.4. The fourth-order valence-corrected chi connectivity index (χ4v) is 2.58. The molecule has 21 heavy (non-hydrogen) atoms. The van der Waals surface area contributed by atoms with Crippen molar-refractivity contribution < 1.29 is 4.74 Å². The fourth-order valence-electron chi connectivity index (χ4n) is 2.37. The number of fused-ring (bicyclic) bond motifs is 1. The second-order valence-electron chi connectivity index (χ2n) is 5.60. The number of hydrogen-bond donors (Lipinski definition) is 0. The summed E-state index contributed by atoms with van der Waals surface area (Å²) in [6, 6.07) is 6.56. The first kappa shape index (κ1) is 16.1. The maximum absolute atomic E-state index is 6.04. The van der Waals surface area contributed by atoms with Gasteiger partial charge in [0.05, 0.1) is 24.0 Å². The molecule has 2 rings (SSSR count). The van der Waals surface area contributed by atoms with Crippen molar-refractivity contribution in [1.29, 1.82) is 0 Å². The minimum absolute atomic E-state index is 0.428. The molecular formula is C16H24ClN3O. The van der Waals surface area contributed by atoms with Gasteiger partial charge in [0.1, 0.15) is 11.6 Å². The van der Waals surface area contributed by atoms with E-state index in [0.717, 1.165) is 42.1 Å². The molecule has 0 aliphatic carbocycles. The van der Waals surface area contributed by atoms with Crippen LogP contribution >= 0.6 is 11.6 Å². The van der Waals surface area contributed by atoms with Gasteiger partial charge in [0, 0.05) is 18.7 Å². The number of benzene rings is 1. The summed E-state index contributed by atoms with van der Waals surface area (Å²) in [7, 11) is 3.83. The van der Waals surface area contributed by atoms with Crippen LogP contribution in [-0.2, 0) is 12.4 Å². The van der Waals surface area contributed by atoms with Crippen LogP contribution in [-0.4, -0.2) is 41.2 Å². The molecule has 0 aliphatic rings. The SMILES string of the molecule is COc1ccc2c(c1)nc(CCl)n2CCCN(C)C(C)C. The van der Waals surface area contributed by atoms with Gasteiger partial charge in [-0.05, 0) is 46.0 Å². The van der Waals surface area contributed by atoms with Crippen molar-refractivity contribution in [3.8, 4) is 5.75 Å². The minimum atomic E-state index is 0.428. The maximum Gasteiger partial charge on any atom is 0.124 e. The average molecular weight is 310 g/mol. The number of ether oxygens (including phenoxy) is 1. The van der Waals surface area contributed by atoms with Crippen molar-refractivity contribution in [2.75, 3.05) is 20.7 Å². The first-order valence-electron chi connectivity index (χ1n) is 7.36. The van der Waals surface area contributed by atoms with Crippen molar-refractivity contribution in [1.82, 2.24) is 14.5 Å². The predicted molar refractivity (Wildman–Crippen MR) is 88.2 cm³/mol. The molecule has 0 saturated carbocycles. The molecule has 2 aromatic rings. The monoisotopic (exact) mass is 309 g/mol. The van der Waals surface area contributed by atoms with Gasteiger partial charge in [-0.1, -0.05) is 0 Å². The molecule has 0 N–H and O–H groups in total. The van der Waals surface area contributed by atoms with E-state index in [4.69, 9.17) is 16.3 Å². The van der Waals surface area contributed by atoms with E-state index >= 15 is 0 Å². The molecule has 0 atom stereocenters. The van der Waals surface area contributed by atoms with E-state index in [2.05, 4.69) is 41.4 Å². The van der Waals surface area contributed by atoms with Crippen LogP contribution in [0.4, 0.5) is 0 Å². The topological polar surface area (TPSA) is 30.3 Å². The Balaban J connectivity index is 2.17. The summed E-state index contributed by atoms with van der Waals surface area (Å²) in [5.74, 6) is 2.18. The zero-order valence-electron chi connectivity index (χ0n) is 13.3. The van der Waals surface area contributed by atoms with Crippen LogP contribution in [0.3, 0.4) is 0 Å². The standard InChI is InChI=1S/C16H24ClN3O/c1-12(2)19(3)8-5-9-20-15-7-6-13(21-4)10-14(15)18-16(20)11-17/h6-7,10,12H,5,8-9,11H2,1-4H3. The van der Waals surface area contributed by atoms with E-state index in [1.807, 2.05) is 12.1 Å². The summed E-state index contributed by atoms with van der Waals surface area (Å²) < 4.78 is 7.47. The van der Waals surface area contributed by atoms with Gasteiger partial charge in [0.15, 0.2) is 0 Å². The summed E-state index contributed by atoms with van der Waals surface area (Å²) in [6.45, 7) is 6.42. The lowest BCUT2D eigenvalue weighted by Crippen LogP contribution is -2.28. The normalized spacial score (nSPS) is 11.8. The lowest BCUT2D eigenvalue weighted by atomic mass is 10.3. The molecule has 0 amide bonds. The number of rotatable bonds is 7. The van der Waals surface area contributed by atoms with E-state index < -0.39 is 0 Å². The summed E-state index contributed by atoms with van der Waals surface area (Å²) in [6.07, 6.45) is 1.08. The summed E-state index contributed by atoms with van der Waals surface area (Å²) in [4.78, 5) is 6.96. The van der Waals surface area contributed by atoms with Gasteiger partial charge >= 0.3 is 0 Å². The van der Waals surface area contributed by atoms with Crippen LogP contribution in [0, 0.1) is 0 Å². The molecule has 0 unspecified atom stereocenters. The largest absolute Gasteiger partial charge is 0.497 e. The fraction of sp³-hybridized carbons (Fsp3) is 0.562. The molecule has 0 bridgehead atoms. The number of alkyl halides is 1. The van der Waals surface area contributed by atoms with Crippen molar-refractivity contribution in [3.05, 3.63) is 24.0 Å². The highest BCUT2D eigenvalue weighted by Crippen LogP contribution is 2.23. The molecule has 1 aromatic heterocycles. The molecule has 0 fully saturated rings. The number of imidazole rings is 1. The second-order valence-corrected chi connectivity index (χ2v) is 5.86. The van der Waals surface area contributed by atoms with Gasteiger partial charge in [0.25, 0.3) is 0 Å². The molecule has 116 valence electrons. The lowest BCUT2D eigenvalue weighted by Gasteiger charge is -2.21. The number of aryl methyl sites for hydroxylation is 1. The smallest absolute Gasteiger partial charge is 0.124 e. The van der Waals surface area contributed by atoms with E-state index in [1.54, 1.807) is 7.11 Å². The van der Waals surface area contributed by atoms with E-state index in [0.29, 0.717) is 11.9 Å². The maximum atomic E-state index is 6.04. The molecule has 0 aliphatic heterocycles. The van der Waals surface area contributed by atoms with Crippen LogP contribution in [0.25, 0.3) is 11.0 Å². The van der Waals surface area contributed by atoms with Crippen molar-refractivity contribution in [2.24, 2.45) is 0 Å². The highest BCUT2D eigenvalue weighted by atomic mass is 35.5. The average Bonchev–Trinajstić information content (AvgIpc) is 2.83. The van der Waals surface area contributed by atoms with E-state index in [9.17, 15) is 0 Å². The van der Waals surface area contributed by atoms with Gasteiger partial charge < -0.3 is 14.2 Å². The highest BCUT2D eigenvalue weighted by molar-refractivity contribution is 6.16. The number of nitrogens with zero attached hydrogens (tertiary/aromatic N) is 3. The number of methoxy groups -OCH3 is 1. The third kappa shape index (κ3) is 3.69. The third-order valence-electron chi connectivity index (χ3n) is 3.93. The minimum Gasteiger partial charge on any atom is -0.497 e. The van der Waals surface area contributed by atoms with Crippen LogP contribution < -0.4 is 4.74 Å². The zero-order valence-corrected chi connectivity index (χ0v) is 14.0.